The molecule has 2 rings (SSSR count). The molecule has 1 heterocycles. The van der Waals surface area contributed by atoms with Crippen LogP contribution in [-0.2, 0) is 4.74 Å². The summed E-state index contributed by atoms with van der Waals surface area (Å²) >= 11 is 0. The zero-order valence-electron chi connectivity index (χ0n) is 13.9. The summed E-state index contributed by atoms with van der Waals surface area (Å²) in [6.07, 6.45) is -0.217. The van der Waals surface area contributed by atoms with Crippen LogP contribution < -0.4 is 9.47 Å². The maximum atomic E-state index is 9.69. The van der Waals surface area contributed by atoms with Gasteiger partial charge in [-0.05, 0) is 23.6 Å². The number of nitrogens with zero attached hydrogens (tertiary/aromatic N) is 1. The molecule has 0 radical (unpaired) electrons. The summed E-state index contributed by atoms with van der Waals surface area (Å²) < 4.78 is 16.5. The number of ether oxygens (including phenoxy) is 3. The lowest BCUT2D eigenvalue weighted by molar-refractivity contribution is -0.0958. The Bertz CT molecular complexity index is 478. The Hall–Kier alpha value is -1.30. The smallest absolute Gasteiger partial charge is 0.161 e. The Morgan fingerprint density at radius 2 is 2.00 bits per heavy atom. The van der Waals surface area contributed by atoms with Crippen LogP contribution in [-0.4, -0.2) is 56.6 Å². The molecule has 1 aromatic rings. The molecule has 1 aliphatic rings. The fourth-order valence-electron chi connectivity index (χ4n) is 3.08. The van der Waals surface area contributed by atoms with Gasteiger partial charge in [0.2, 0.25) is 0 Å². The summed E-state index contributed by atoms with van der Waals surface area (Å²) in [6, 6.07) is 5.94. The standard InChI is InChI=1S/C17H27NO4/c1-12(2)10-18-7-8-22-16(11-19)17(18)13-5-6-14(20-3)15(9-13)21-4/h5-6,9,12,16-17,19H,7-8,10-11H2,1-4H3. The first kappa shape index (κ1) is 17.1. The van der Waals surface area contributed by atoms with E-state index >= 15 is 0 Å². The Morgan fingerprint density at radius 1 is 1.27 bits per heavy atom. The van der Waals surface area contributed by atoms with Crippen LogP contribution in [0.5, 0.6) is 11.5 Å². The van der Waals surface area contributed by atoms with Crippen molar-refractivity contribution < 1.29 is 19.3 Å². The van der Waals surface area contributed by atoms with Crippen LogP contribution in [0.4, 0.5) is 0 Å². The van der Waals surface area contributed by atoms with Crippen molar-refractivity contribution in [2.24, 2.45) is 5.92 Å². The molecule has 0 saturated carbocycles. The number of hydrogen-bond donors (Lipinski definition) is 1. The highest BCUT2D eigenvalue weighted by molar-refractivity contribution is 5.44. The van der Waals surface area contributed by atoms with Crippen molar-refractivity contribution in [3.63, 3.8) is 0 Å². The summed E-state index contributed by atoms with van der Waals surface area (Å²) in [4.78, 5) is 2.39. The highest BCUT2D eigenvalue weighted by Gasteiger charge is 2.33. The molecular weight excluding hydrogens is 282 g/mol. The second-order valence-electron chi connectivity index (χ2n) is 6.04. The monoisotopic (exact) mass is 309 g/mol. The van der Waals surface area contributed by atoms with E-state index in [1.807, 2.05) is 18.2 Å². The molecule has 1 aliphatic heterocycles. The SMILES string of the molecule is COc1ccc(C2C(CO)OCCN2CC(C)C)cc1OC. The minimum absolute atomic E-state index is 0.00755. The van der Waals surface area contributed by atoms with Crippen LogP contribution in [0.25, 0.3) is 0 Å². The third-order valence-electron chi connectivity index (χ3n) is 3.98. The number of hydrogen-bond acceptors (Lipinski definition) is 5. The van der Waals surface area contributed by atoms with E-state index in [-0.39, 0.29) is 18.8 Å². The van der Waals surface area contributed by atoms with E-state index in [1.165, 1.54) is 0 Å². The van der Waals surface area contributed by atoms with Gasteiger partial charge >= 0.3 is 0 Å². The minimum Gasteiger partial charge on any atom is -0.493 e. The molecule has 5 heteroatoms. The van der Waals surface area contributed by atoms with E-state index in [0.29, 0.717) is 24.0 Å². The Kier molecular flexibility index (Phi) is 6.06. The van der Waals surface area contributed by atoms with Crippen LogP contribution >= 0.6 is 0 Å². The molecule has 1 N–H and O–H groups in total. The Balaban J connectivity index is 2.34. The lowest BCUT2D eigenvalue weighted by atomic mass is 9.96. The molecule has 0 bridgehead atoms. The topological polar surface area (TPSA) is 51.2 Å². The van der Waals surface area contributed by atoms with Gasteiger partial charge in [0, 0.05) is 13.1 Å². The molecule has 2 atom stereocenters. The van der Waals surface area contributed by atoms with Crippen LogP contribution in [0.2, 0.25) is 0 Å². The predicted octanol–water partition coefficient (Wildman–Crippen LogP) is 2.09. The van der Waals surface area contributed by atoms with E-state index in [2.05, 4.69) is 18.7 Å². The van der Waals surface area contributed by atoms with E-state index in [4.69, 9.17) is 14.2 Å². The van der Waals surface area contributed by atoms with E-state index in [1.54, 1.807) is 14.2 Å². The highest BCUT2D eigenvalue weighted by atomic mass is 16.5. The van der Waals surface area contributed by atoms with Crippen LogP contribution in [0.1, 0.15) is 25.5 Å². The van der Waals surface area contributed by atoms with Crippen molar-refractivity contribution in [1.29, 1.82) is 0 Å². The lowest BCUT2D eigenvalue weighted by Gasteiger charge is -2.41. The van der Waals surface area contributed by atoms with Crippen LogP contribution in [0.3, 0.4) is 0 Å². The van der Waals surface area contributed by atoms with Gasteiger partial charge in [-0.25, -0.2) is 0 Å². The number of aliphatic hydroxyl groups is 1. The molecule has 0 aromatic heterocycles. The highest BCUT2D eigenvalue weighted by Crippen LogP contribution is 2.35. The summed E-state index contributed by atoms with van der Waals surface area (Å²) in [6.45, 7) is 6.91. The second-order valence-corrected chi connectivity index (χ2v) is 6.04. The van der Waals surface area contributed by atoms with Crippen molar-refractivity contribution in [1.82, 2.24) is 4.90 Å². The molecule has 0 spiro atoms. The first-order valence-corrected chi connectivity index (χ1v) is 7.79. The van der Waals surface area contributed by atoms with Crippen LogP contribution in [0.15, 0.2) is 18.2 Å². The largest absolute Gasteiger partial charge is 0.493 e. The molecule has 124 valence electrons. The summed E-state index contributed by atoms with van der Waals surface area (Å²) in [5.74, 6) is 1.96. The normalized spacial score (nSPS) is 22.8. The zero-order valence-corrected chi connectivity index (χ0v) is 13.9. The fraction of sp³-hybridized carbons (Fsp3) is 0.647. The Labute approximate surface area is 132 Å². The number of morpholine rings is 1. The zero-order chi connectivity index (χ0) is 16.1. The average molecular weight is 309 g/mol. The van der Waals surface area contributed by atoms with E-state index in [0.717, 1.165) is 18.7 Å². The van der Waals surface area contributed by atoms with Gasteiger partial charge in [0.15, 0.2) is 11.5 Å². The number of benzene rings is 1. The number of methoxy groups -OCH3 is 2. The average Bonchev–Trinajstić information content (AvgIpc) is 2.53. The molecular formula is C17H27NO4. The van der Waals surface area contributed by atoms with E-state index < -0.39 is 0 Å². The molecule has 5 nitrogen and oxygen atoms in total. The predicted molar refractivity (Wildman–Crippen MR) is 85.5 cm³/mol. The second kappa shape index (κ2) is 7.81. The quantitative estimate of drug-likeness (QED) is 0.872. The van der Waals surface area contributed by atoms with Gasteiger partial charge in [0.1, 0.15) is 6.10 Å². The van der Waals surface area contributed by atoms with Crippen molar-refractivity contribution in [3.8, 4) is 11.5 Å². The number of aliphatic hydroxyl groups excluding tert-OH is 1. The molecule has 0 aliphatic carbocycles. The molecule has 0 amide bonds. The number of rotatable bonds is 6. The van der Waals surface area contributed by atoms with Gasteiger partial charge in [0.25, 0.3) is 0 Å². The maximum Gasteiger partial charge on any atom is 0.161 e. The van der Waals surface area contributed by atoms with Crippen molar-refractivity contribution in [2.75, 3.05) is 40.5 Å². The van der Waals surface area contributed by atoms with E-state index in [9.17, 15) is 5.11 Å². The third kappa shape index (κ3) is 3.72. The minimum atomic E-state index is -0.217. The van der Waals surface area contributed by atoms with Gasteiger partial charge in [0.05, 0.1) is 33.5 Å². The summed E-state index contributed by atoms with van der Waals surface area (Å²) in [5, 5.41) is 9.69. The van der Waals surface area contributed by atoms with Crippen molar-refractivity contribution in [2.45, 2.75) is 26.0 Å². The van der Waals surface area contributed by atoms with Gasteiger partial charge in [-0.3, -0.25) is 4.90 Å². The first-order valence-electron chi connectivity index (χ1n) is 7.79. The van der Waals surface area contributed by atoms with Gasteiger partial charge < -0.3 is 19.3 Å². The van der Waals surface area contributed by atoms with Crippen molar-refractivity contribution in [3.05, 3.63) is 23.8 Å². The summed E-state index contributed by atoms with van der Waals surface area (Å²) in [5.41, 5.74) is 1.08. The van der Waals surface area contributed by atoms with Crippen LogP contribution in [0, 0.1) is 5.92 Å². The lowest BCUT2D eigenvalue weighted by Crippen LogP contribution is -2.48. The van der Waals surface area contributed by atoms with Gasteiger partial charge in [-0.2, -0.15) is 0 Å². The molecule has 1 saturated heterocycles. The maximum absolute atomic E-state index is 9.69. The van der Waals surface area contributed by atoms with Gasteiger partial charge in [-0.1, -0.05) is 19.9 Å². The Morgan fingerprint density at radius 3 is 2.59 bits per heavy atom. The third-order valence-corrected chi connectivity index (χ3v) is 3.98. The molecule has 1 aromatic carbocycles. The molecule has 1 fully saturated rings. The van der Waals surface area contributed by atoms with Crippen molar-refractivity contribution >= 4 is 0 Å². The fourth-order valence-corrected chi connectivity index (χ4v) is 3.08. The molecule has 2 unspecified atom stereocenters. The first-order chi connectivity index (χ1) is 10.6. The molecule has 22 heavy (non-hydrogen) atoms. The summed E-state index contributed by atoms with van der Waals surface area (Å²) in [7, 11) is 3.26. The van der Waals surface area contributed by atoms with Gasteiger partial charge in [-0.15, -0.1) is 0 Å².